The lowest BCUT2D eigenvalue weighted by Gasteiger charge is -2.11. The monoisotopic (exact) mass is 383 g/mol. The van der Waals surface area contributed by atoms with Crippen molar-refractivity contribution in [3.63, 3.8) is 0 Å². The van der Waals surface area contributed by atoms with Crippen LogP contribution in [0.25, 0.3) is 0 Å². The van der Waals surface area contributed by atoms with Gasteiger partial charge in [0.05, 0.1) is 19.8 Å². The Labute approximate surface area is 150 Å². The van der Waals surface area contributed by atoms with Crippen LogP contribution < -0.4 is 14.2 Å². The van der Waals surface area contributed by atoms with Crippen molar-refractivity contribution in [2.75, 3.05) is 21.3 Å². The molecule has 0 amide bonds. The maximum absolute atomic E-state index is 13.7. The van der Waals surface area contributed by atoms with Crippen molar-refractivity contribution in [3.05, 3.63) is 53.3 Å². The van der Waals surface area contributed by atoms with Crippen LogP contribution in [0, 0.1) is 5.82 Å². The van der Waals surface area contributed by atoms with Crippen LogP contribution in [-0.4, -0.2) is 35.7 Å². The summed E-state index contributed by atoms with van der Waals surface area (Å²) < 4.78 is 54.8. The van der Waals surface area contributed by atoms with Gasteiger partial charge in [0.1, 0.15) is 17.3 Å². The third-order valence-electron chi connectivity index (χ3n) is 3.54. The first-order chi connectivity index (χ1) is 12.3. The second kappa shape index (κ2) is 8.15. The van der Waals surface area contributed by atoms with Crippen LogP contribution in [-0.2, 0) is 21.4 Å². The van der Waals surface area contributed by atoms with Crippen LogP contribution in [0.1, 0.15) is 15.9 Å². The first-order valence-corrected chi connectivity index (χ1v) is 8.92. The van der Waals surface area contributed by atoms with E-state index in [2.05, 4.69) is 4.72 Å². The first kappa shape index (κ1) is 19.7. The van der Waals surface area contributed by atoms with Crippen molar-refractivity contribution in [2.45, 2.75) is 11.5 Å². The number of esters is 1. The Balaban J connectivity index is 2.20. The van der Waals surface area contributed by atoms with Gasteiger partial charge in [-0.1, -0.05) is 6.07 Å². The summed E-state index contributed by atoms with van der Waals surface area (Å²) in [5.41, 5.74) is 0.446. The minimum absolute atomic E-state index is 0.0219. The Morgan fingerprint density at radius 2 is 1.73 bits per heavy atom. The Morgan fingerprint density at radius 1 is 1.08 bits per heavy atom. The summed E-state index contributed by atoms with van der Waals surface area (Å²) in [6.45, 7) is -0.181. The van der Waals surface area contributed by atoms with E-state index in [9.17, 15) is 17.6 Å². The molecule has 0 aliphatic rings. The highest BCUT2D eigenvalue weighted by molar-refractivity contribution is 7.89. The largest absolute Gasteiger partial charge is 0.495 e. The molecule has 0 saturated carbocycles. The van der Waals surface area contributed by atoms with E-state index in [0.717, 1.165) is 6.07 Å². The van der Waals surface area contributed by atoms with Crippen LogP contribution >= 0.6 is 0 Å². The molecular formula is C17H18FNO6S. The molecule has 2 aromatic rings. The predicted octanol–water partition coefficient (Wildman–Crippen LogP) is 2.11. The SMILES string of the molecule is CNS(=O)(=O)c1cc(C(=O)OCc2ccc(OC)c(F)c2)ccc1OC. The van der Waals surface area contributed by atoms with Gasteiger partial charge in [-0.3, -0.25) is 0 Å². The third-order valence-corrected chi connectivity index (χ3v) is 4.98. The molecule has 0 heterocycles. The molecule has 140 valence electrons. The quantitative estimate of drug-likeness (QED) is 0.737. The number of sulfonamides is 1. The average Bonchev–Trinajstić information content (AvgIpc) is 2.65. The molecular weight excluding hydrogens is 365 g/mol. The fourth-order valence-corrected chi connectivity index (χ4v) is 3.07. The van der Waals surface area contributed by atoms with Gasteiger partial charge in [0.25, 0.3) is 0 Å². The first-order valence-electron chi connectivity index (χ1n) is 7.43. The van der Waals surface area contributed by atoms with Crippen molar-refractivity contribution in [1.29, 1.82) is 0 Å². The number of carbonyl (C=O) groups excluding carboxylic acids is 1. The van der Waals surface area contributed by atoms with Gasteiger partial charge in [0.15, 0.2) is 11.6 Å². The van der Waals surface area contributed by atoms with Crippen LogP contribution in [0.3, 0.4) is 0 Å². The molecule has 2 rings (SSSR count). The molecule has 9 heteroatoms. The normalized spacial score (nSPS) is 11.1. The molecule has 2 aromatic carbocycles. The van der Waals surface area contributed by atoms with Crippen LogP contribution in [0.15, 0.2) is 41.3 Å². The van der Waals surface area contributed by atoms with Crippen molar-refractivity contribution in [3.8, 4) is 11.5 Å². The zero-order chi connectivity index (χ0) is 19.3. The molecule has 0 aromatic heterocycles. The highest BCUT2D eigenvalue weighted by Crippen LogP contribution is 2.25. The molecule has 0 spiro atoms. The summed E-state index contributed by atoms with van der Waals surface area (Å²) in [7, 11) is 0.0898. The molecule has 7 nitrogen and oxygen atoms in total. The van der Waals surface area contributed by atoms with E-state index in [-0.39, 0.29) is 28.6 Å². The van der Waals surface area contributed by atoms with Gasteiger partial charge in [-0.2, -0.15) is 0 Å². The fourth-order valence-electron chi connectivity index (χ4n) is 2.16. The smallest absolute Gasteiger partial charge is 0.338 e. The van der Waals surface area contributed by atoms with Gasteiger partial charge >= 0.3 is 5.97 Å². The Morgan fingerprint density at radius 3 is 2.31 bits per heavy atom. The lowest BCUT2D eigenvalue weighted by Crippen LogP contribution is -2.20. The zero-order valence-electron chi connectivity index (χ0n) is 14.4. The van der Waals surface area contributed by atoms with Crippen molar-refractivity contribution < 1.29 is 31.8 Å². The minimum Gasteiger partial charge on any atom is -0.495 e. The Kier molecular flexibility index (Phi) is 6.17. The van der Waals surface area contributed by atoms with Gasteiger partial charge in [-0.15, -0.1) is 0 Å². The second-order valence-electron chi connectivity index (χ2n) is 5.12. The highest BCUT2D eigenvalue weighted by Gasteiger charge is 2.20. The number of carbonyl (C=O) groups is 1. The topological polar surface area (TPSA) is 90.9 Å². The third kappa shape index (κ3) is 4.30. The van der Waals surface area contributed by atoms with E-state index in [4.69, 9.17) is 14.2 Å². The minimum atomic E-state index is -3.82. The van der Waals surface area contributed by atoms with Crippen molar-refractivity contribution >= 4 is 16.0 Å². The number of benzene rings is 2. The maximum Gasteiger partial charge on any atom is 0.338 e. The highest BCUT2D eigenvalue weighted by atomic mass is 32.2. The molecule has 0 atom stereocenters. The van der Waals surface area contributed by atoms with Crippen LogP contribution in [0.5, 0.6) is 11.5 Å². The molecule has 26 heavy (non-hydrogen) atoms. The molecule has 0 saturated heterocycles. The van der Waals surface area contributed by atoms with Gasteiger partial charge in [0, 0.05) is 0 Å². The Bertz CT molecular complexity index is 913. The molecule has 0 fully saturated rings. The molecule has 0 radical (unpaired) electrons. The number of nitrogens with one attached hydrogen (secondary N) is 1. The number of halogens is 1. The lowest BCUT2D eigenvalue weighted by molar-refractivity contribution is 0.0472. The van der Waals surface area contributed by atoms with E-state index in [1.54, 1.807) is 6.07 Å². The van der Waals surface area contributed by atoms with E-state index in [1.807, 2.05) is 0 Å². The standard InChI is InChI=1S/C17H18FNO6S/c1-19-26(21,22)16-9-12(5-7-15(16)24-3)17(20)25-10-11-4-6-14(23-2)13(18)8-11/h4-9,19H,10H2,1-3H3. The molecule has 0 unspecified atom stereocenters. The van der Waals surface area contributed by atoms with Crippen LogP contribution in [0.2, 0.25) is 0 Å². The number of hydrogen-bond donors (Lipinski definition) is 1. The maximum atomic E-state index is 13.7. The predicted molar refractivity (Wildman–Crippen MR) is 91.3 cm³/mol. The molecule has 0 aliphatic heterocycles. The summed E-state index contributed by atoms with van der Waals surface area (Å²) in [4.78, 5) is 12.0. The van der Waals surface area contributed by atoms with Gasteiger partial charge in [-0.05, 0) is 42.9 Å². The number of methoxy groups -OCH3 is 2. The zero-order valence-corrected chi connectivity index (χ0v) is 15.2. The van der Waals surface area contributed by atoms with E-state index < -0.39 is 21.8 Å². The van der Waals surface area contributed by atoms with E-state index in [1.165, 1.54) is 45.5 Å². The Hall–Kier alpha value is -2.65. The van der Waals surface area contributed by atoms with Crippen molar-refractivity contribution in [2.24, 2.45) is 0 Å². The molecule has 0 aliphatic carbocycles. The van der Waals surface area contributed by atoms with Gasteiger partial charge in [0.2, 0.25) is 10.0 Å². The molecule has 1 N–H and O–H groups in total. The fraction of sp³-hybridized carbons (Fsp3) is 0.235. The summed E-state index contributed by atoms with van der Waals surface area (Å²) in [5, 5.41) is 0. The van der Waals surface area contributed by atoms with Crippen LogP contribution in [0.4, 0.5) is 4.39 Å². The number of hydrogen-bond acceptors (Lipinski definition) is 6. The number of ether oxygens (including phenoxy) is 3. The average molecular weight is 383 g/mol. The van der Waals surface area contributed by atoms with E-state index in [0.29, 0.717) is 5.56 Å². The van der Waals surface area contributed by atoms with Crippen molar-refractivity contribution in [1.82, 2.24) is 4.72 Å². The van der Waals surface area contributed by atoms with Gasteiger partial charge in [-0.25, -0.2) is 22.3 Å². The summed E-state index contributed by atoms with van der Waals surface area (Å²) in [6.07, 6.45) is 0. The second-order valence-corrected chi connectivity index (χ2v) is 6.97. The summed E-state index contributed by atoms with van der Waals surface area (Å²) in [5.74, 6) is -1.16. The number of rotatable bonds is 7. The lowest BCUT2D eigenvalue weighted by atomic mass is 10.2. The van der Waals surface area contributed by atoms with Gasteiger partial charge < -0.3 is 14.2 Å². The molecule has 0 bridgehead atoms. The van der Waals surface area contributed by atoms with E-state index >= 15 is 0 Å². The summed E-state index contributed by atoms with van der Waals surface area (Å²) >= 11 is 0. The summed E-state index contributed by atoms with van der Waals surface area (Å²) in [6, 6.07) is 8.06.